The van der Waals surface area contributed by atoms with Crippen LogP contribution >= 0.6 is 0 Å². The van der Waals surface area contributed by atoms with E-state index in [2.05, 4.69) is 15.3 Å². The van der Waals surface area contributed by atoms with Gasteiger partial charge in [-0.15, -0.1) is 0 Å². The van der Waals surface area contributed by atoms with Crippen molar-refractivity contribution in [3.05, 3.63) is 64.0 Å². The summed E-state index contributed by atoms with van der Waals surface area (Å²) >= 11 is 0. The molecule has 168 valence electrons. The second kappa shape index (κ2) is 9.62. The van der Waals surface area contributed by atoms with Crippen LogP contribution in [0.4, 0.5) is 16.2 Å². The first kappa shape index (κ1) is 23.0. The highest BCUT2D eigenvalue weighted by atomic mass is 16.6. The van der Waals surface area contributed by atoms with E-state index in [4.69, 9.17) is 15.0 Å². The number of ether oxygens (including phenoxy) is 2. The molecule has 9 heteroatoms. The molecule has 2 aromatic carbocycles. The van der Waals surface area contributed by atoms with Gasteiger partial charge in [-0.05, 0) is 80.6 Å². The molecule has 2 aromatic rings. The number of azide groups is 1. The van der Waals surface area contributed by atoms with E-state index in [9.17, 15) is 9.59 Å². The summed E-state index contributed by atoms with van der Waals surface area (Å²) < 4.78 is 10.6. The topological polar surface area (TPSA) is 117 Å². The fourth-order valence-electron chi connectivity index (χ4n) is 3.55. The van der Waals surface area contributed by atoms with E-state index in [0.717, 1.165) is 16.8 Å². The van der Waals surface area contributed by atoms with Gasteiger partial charge in [-0.2, -0.15) is 0 Å². The molecule has 0 aliphatic carbocycles. The fourth-order valence-corrected chi connectivity index (χ4v) is 3.55. The minimum absolute atomic E-state index is 0.249. The Bertz CT molecular complexity index is 1060. The minimum atomic E-state index is -0.790. The molecule has 0 bridgehead atoms. The van der Waals surface area contributed by atoms with Gasteiger partial charge in [-0.3, -0.25) is 10.1 Å². The number of carbonyl (C=O) groups excluding carboxylic acids is 2. The molecule has 0 saturated carbocycles. The molecular formula is C23H27N5O4. The average molecular weight is 438 g/mol. The van der Waals surface area contributed by atoms with E-state index < -0.39 is 17.7 Å². The van der Waals surface area contributed by atoms with Gasteiger partial charge in [-0.25, -0.2) is 4.79 Å². The van der Waals surface area contributed by atoms with Crippen molar-refractivity contribution in [2.75, 3.05) is 17.3 Å². The van der Waals surface area contributed by atoms with Gasteiger partial charge in [0.15, 0.2) is 0 Å². The third-order valence-corrected chi connectivity index (χ3v) is 4.92. The van der Waals surface area contributed by atoms with Crippen LogP contribution in [-0.2, 0) is 22.5 Å². The standard InChI is InChI=1S/C23H27N5O4/c1-23(2,3)32-22(30)25-17-7-5-6-15(12-17)14-28-20-11-9-18(31-4)13-16(20)8-10-19(21(28)29)26-27-24/h5-7,9,11-13,19H,8,10,14H2,1-4H3,(H,25,30). The predicted octanol–water partition coefficient (Wildman–Crippen LogP) is 5.20. The molecular weight excluding hydrogens is 410 g/mol. The van der Waals surface area contributed by atoms with Crippen molar-refractivity contribution in [2.45, 2.75) is 51.8 Å². The van der Waals surface area contributed by atoms with E-state index in [-0.39, 0.29) is 12.5 Å². The number of amides is 2. The summed E-state index contributed by atoms with van der Waals surface area (Å²) in [6.45, 7) is 5.63. The highest BCUT2D eigenvalue weighted by Crippen LogP contribution is 2.32. The number of benzene rings is 2. The largest absolute Gasteiger partial charge is 0.497 e. The molecule has 1 atom stereocenters. The first-order valence-corrected chi connectivity index (χ1v) is 10.3. The zero-order chi connectivity index (χ0) is 23.3. The third kappa shape index (κ3) is 5.70. The smallest absolute Gasteiger partial charge is 0.412 e. The molecule has 0 spiro atoms. The summed E-state index contributed by atoms with van der Waals surface area (Å²) in [5, 5.41) is 6.43. The normalized spacial score (nSPS) is 15.8. The van der Waals surface area contributed by atoms with Gasteiger partial charge in [0.05, 0.1) is 13.7 Å². The molecule has 32 heavy (non-hydrogen) atoms. The molecule has 9 nitrogen and oxygen atoms in total. The van der Waals surface area contributed by atoms with Crippen LogP contribution < -0.4 is 15.0 Å². The summed E-state index contributed by atoms with van der Waals surface area (Å²) in [4.78, 5) is 29.8. The van der Waals surface area contributed by atoms with Crippen LogP contribution in [-0.4, -0.2) is 30.8 Å². The second-order valence-corrected chi connectivity index (χ2v) is 8.51. The molecule has 1 unspecified atom stereocenters. The van der Waals surface area contributed by atoms with E-state index >= 15 is 0 Å². The monoisotopic (exact) mass is 437 g/mol. The Morgan fingerprint density at radius 1 is 1.28 bits per heavy atom. The van der Waals surface area contributed by atoms with E-state index in [1.165, 1.54) is 0 Å². The summed E-state index contributed by atoms with van der Waals surface area (Å²) in [6.07, 6.45) is 0.444. The Labute approximate surface area is 186 Å². The molecule has 0 saturated heterocycles. The Hall–Kier alpha value is -3.71. The van der Waals surface area contributed by atoms with Gasteiger partial charge in [0.1, 0.15) is 17.4 Å². The highest BCUT2D eigenvalue weighted by Gasteiger charge is 2.30. The number of nitrogens with zero attached hydrogens (tertiary/aromatic N) is 4. The maximum Gasteiger partial charge on any atom is 0.412 e. The van der Waals surface area contributed by atoms with Gasteiger partial charge < -0.3 is 14.4 Å². The van der Waals surface area contributed by atoms with E-state index in [1.54, 1.807) is 57.0 Å². The lowest BCUT2D eigenvalue weighted by atomic mass is 10.1. The number of nitrogens with one attached hydrogen (secondary N) is 1. The first-order chi connectivity index (χ1) is 15.2. The van der Waals surface area contributed by atoms with Crippen molar-refractivity contribution in [2.24, 2.45) is 5.11 Å². The van der Waals surface area contributed by atoms with Crippen LogP contribution in [0.2, 0.25) is 0 Å². The number of carbonyl (C=O) groups is 2. The van der Waals surface area contributed by atoms with E-state index in [1.807, 2.05) is 18.2 Å². The number of methoxy groups -OCH3 is 1. The summed E-state index contributed by atoms with van der Waals surface area (Å²) in [6, 6.07) is 11.9. The molecule has 2 amide bonds. The maximum absolute atomic E-state index is 13.2. The zero-order valence-electron chi connectivity index (χ0n) is 18.7. The Kier molecular flexibility index (Phi) is 6.90. The quantitative estimate of drug-likeness (QED) is 0.393. The Morgan fingerprint density at radius 2 is 2.06 bits per heavy atom. The predicted molar refractivity (Wildman–Crippen MR) is 122 cm³/mol. The Balaban J connectivity index is 1.89. The van der Waals surface area contributed by atoms with Gasteiger partial charge in [0, 0.05) is 16.3 Å². The molecule has 1 heterocycles. The molecule has 3 rings (SSSR count). The lowest BCUT2D eigenvalue weighted by molar-refractivity contribution is -0.119. The number of rotatable bonds is 5. The molecule has 0 fully saturated rings. The van der Waals surface area contributed by atoms with Gasteiger partial charge >= 0.3 is 6.09 Å². The second-order valence-electron chi connectivity index (χ2n) is 8.51. The van der Waals surface area contributed by atoms with Crippen LogP contribution in [0.1, 0.15) is 38.3 Å². The molecule has 0 aromatic heterocycles. The summed E-state index contributed by atoms with van der Waals surface area (Å²) in [5.74, 6) is 0.430. The van der Waals surface area contributed by atoms with Crippen LogP contribution in [0, 0.1) is 0 Å². The third-order valence-electron chi connectivity index (χ3n) is 4.92. The minimum Gasteiger partial charge on any atom is -0.497 e. The molecule has 1 aliphatic heterocycles. The number of anilines is 2. The van der Waals surface area contributed by atoms with Crippen molar-refractivity contribution < 1.29 is 19.1 Å². The average Bonchev–Trinajstić information content (AvgIpc) is 2.84. The van der Waals surface area contributed by atoms with Crippen LogP contribution in [0.3, 0.4) is 0 Å². The fraction of sp³-hybridized carbons (Fsp3) is 0.391. The lowest BCUT2D eigenvalue weighted by Gasteiger charge is -2.25. The molecule has 0 radical (unpaired) electrons. The zero-order valence-corrected chi connectivity index (χ0v) is 18.7. The van der Waals surface area contributed by atoms with Crippen LogP contribution in [0.25, 0.3) is 10.4 Å². The molecule has 1 aliphatic rings. The summed E-state index contributed by atoms with van der Waals surface area (Å²) in [7, 11) is 1.59. The van der Waals surface area contributed by atoms with Crippen molar-refractivity contribution in [1.82, 2.24) is 0 Å². The van der Waals surface area contributed by atoms with Crippen LogP contribution in [0.15, 0.2) is 47.6 Å². The van der Waals surface area contributed by atoms with Crippen molar-refractivity contribution >= 4 is 23.4 Å². The lowest BCUT2D eigenvalue weighted by Crippen LogP contribution is -2.36. The van der Waals surface area contributed by atoms with Crippen molar-refractivity contribution in [1.29, 1.82) is 0 Å². The van der Waals surface area contributed by atoms with Gasteiger partial charge in [0.25, 0.3) is 0 Å². The van der Waals surface area contributed by atoms with Crippen molar-refractivity contribution in [3.63, 3.8) is 0 Å². The number of hydrogen-bond donors (Lipinski definition) is 1. The molecule has 1 N–H and O–H groups in total. The van der Waals surface area contributed by atoms with Gasteiger partial charge in [-0.1, -0.05) is 17.2 Å². The number of fused-ring (bicyclic) bond motifs is 1. The Morgan fingerprint density at radius 3 is 2.75 bits per heavy atom. The van der Waals surface area contributed by atoms with E-state index in [0.29, 0.717) is 24.3 Å². The van der Waals surface area contributed by atoms with Gasteiger partial charge in [0.2, 0.25) is 5.91 Å². The maximum atomic E-state index is 13.2. The van der Waals surface area contributed by atoms with Crippen molar-refractivity contribution in [3.8, 4) is 5.75 Å². The first-order valence-electron chi connectivity index (χ1n) is 10.3. The number of aryl methyl sites for hydroxylation is 1. The van der Waals surface area contributed by atoms with Crippen LogP contribution in [0.5, 0.6) is 5.75 Å². The highest BCUT2D eigenvalue weighted by molar-refractivity contribution is 5.98. The number of hydrogen-bond acceptors (Lipinski definition) is 5. The SMILES string of the molecule is COc1ccc2c(c1)CCC(N=[N+]=[N-])C(=O)N2Cc1cccc(NC(=O)OC(C)(C)C)c1. The summed E-state index contributed by atoms with van der Waals surface area (Å²) in [5.41, 5.74) is 11.4.